The van der Waals surface area contributed by atoms with E-state index in [9.17, 15) is 0 Å². The summed E-state index contributed by atoms with van der Waals surface area (Å²) >= 11 is 0. The largest absolute Gasteiger partial charge is 0.385 e. The minimum Gasteiger partial charge on any atom is -0.308 e. The molecule has 0 aliphatic carbocycles. The van der Waals surface area contributed by atoms with Crippen LogP contribution < -0.4 is 10.6 Å². The summed E-state index contributed by atoms with van der Waals surface area (Å²) in [5, 5.41) is 2.09. The van der Waals surface area contributed by atoms with E-state index in [1.54, 1.807) is 0 Å². The molecule has 2 nitrogen and oxygen atoms in total. The molecule has 28 heavy (non-hydrogen) atoms. The van der Waals surface area contributed by atoms with Gasteiger partial charge in [-0.05, 0) is 29.7 Å². The predicted molar refractivity (Wildman–Crippen MR) is 121 cm³/mol. The van der Waals surface area contributed by atoms with Crippen molar-refractivity contribution in [2.75, 3.05) is 6.61 Å². The molecule has 0 aliphatic rings. The second kappa shape index (κ2) is 8.73. The summed E-state index contributed by atoms with van der Waals surface area (Å²) in [6.45, 7) is 11.3. The van der Waals surface area contributed by atoms with Gasteiger partial charge in [0, 0.05) is 5.56 Å². The van der Waals surface area contributed by atoms with Crippen LogP contribution in [0.1, 0.15) is 26.3 Å². The highest BCUT2D eigenvalue weighted by atomic mass is 31.2. The molecule has 144 valence electrons. The fraction of sp³-hybridized carbons (Fsp3) is 0.200. The van der Waals surface area contributed by atoms with Gasteiger partial charge in [-0.25, -0.2) is 0 Å². The van der Waals surface area contributed by atoms with Gasteiger partial charge in [0.2, 0.25) is 0 Å². The van der Waals surface area contributed by atoms with Crippen molar-refractivity contribution in [2.24, 2.45) is 5.41 Å². The summed E-state index contributed by atoms with van der Waals surface area (Å²) in [7, 11) is -2.62. The third kappa shape index (κ3) is 4.90. The summed E-state index contributed by atoms with van der Waals surface area (Å²) in [5.74, 6) is 0.621. The molecule has 0 saturated heterocycles. The van der Waals surface area contributed by atoms with Crippen molar-refractivity contribution in [1.82, 2.24) is 0 Å². The van der Waals surface area contributed by atoms with Gasteiger partial charge in [0.25, 0.3) is 0 Å². The molecule has 0 N–H and O–H groups in total. The highest BCUT2D eigenvalue weighted by Crippen LogP contribution is 2.61. The average molecular weight is 391 g/mol. The lowest BCUT2D eigenvalue weighted by atomic mass is 9.99. The standard InChI is InChI=1S/C25H28O2P/c1-21(22-14-8-5-9-15-22)27-28(26-20-25(2,3)4,23-16-10-6-11-17-23)24-18-12-7-13-19-24/h5-19H,1,20H2,2-4H3/q+1. The smallest absolute Gasteiger partial charge is 0.308 e. The first-order valence-corrected chi connectivity index (χ1v) is 11.1. The van der Waals surface area contributed by atoms with Crippen molar-refractivity contribution in [3.05, 3.63) is 103 Å². The molecular formula is C25H28O2P+. The Kier molecular flexibility index (Phi) is 6.34. The summed E-state index contributed by atoms with van der Waals surface area (Å²) in [5.41, 5.74) is 0.963. The quantitative estimate of drug-likeness (QED) is 0.351. The van der Waals surface area contributed by atoms with Gasteiger partial charge in [0.05, 0.1) is 0 Å². The first-order valence-electron chi connectivity index (χ1n) is 9.49. The van der Waals surface area contributed by atoms with Crippen LogP contribution in [-0.4, -0.2) is 6.61 Å². The van der Waals surface area contributed by atoms with Gasteiger partial charge in [0.15, 0.2) is 16.4 Å². The van der Waals surface area contributed by atoms with E-state index in [0.717, 1.165) is 16.2 Å². The normalized spacial score (nSPS) is 11.8. The van der Waals surface area contributed by atoms with Gasteiger partial charge < -0.3 is 4.52 Å². The van der Waals surface area contributed by atoms with Crippen molar-refractivity contribution in [1.29, 1.82) is 0 Å². The van der Waals surface area contributed by atoms with Crippen LogP contribution in [0.3, 0.4) is 0 Å². The van der Waals surface area contributed by atoms with Gasteiger partial charge in [-0.2, -0.15) is 4.52 Å². The zero-order chi connectivity index (χ0) is 20.0. The first kappa shape index (κ1) is 20.3. The Morgan fingerprint density at radius 1 is 0.750 bits per heavy atom. The van der Waals surface area contributed by atoms with Crippen molar-refractivity contribution in [3.63, 3.8) is 0 Å². The van der Waals surface area contributed by atoms with Gasteiger partial charge in [0.1, 0.15) is 6.61 Å². The van der Waals surface area contributed by atoms with Crippen LogP contribution in [0.15, 0.2) is 97.6 Å². The molecule has 0 fully saturated rings. The van der Waals surface area contributed by atoms with E-state index in [0.29, 0.717) is 12.4 Å². The molecule has 0 atom stereocenters. The summed E-state index contributed by atoms with van der Waals surface area (Å²) in [6.07, 6.45) is 0. The molecule has 0 saturated carbocycles. The zero-order valence-electron chi connectivity index (χ0n) is 16.8. The monoisotopic (exact) mass is 391 g/mol. The van der Waals surface area contributed by atoms with Crippen LogP contribution in [0.5, 0.6) is 0 Å². The molecule has 3 aromatic carbocycles. The lowest BCUT2D eigenvalue weighted by Gasteiger charge is -2.28. The zero-order valence-corrected chi connectivity index (χ0v) is 17.7. The Balaban J connectivity index is 2.10. The minimum atomic E-state index is -2.62. The molecule has 0 amide bonds. The Morgan fingerprint density at radius 2 is 1.18 bits per heavy atom. The first-order chi connectivity index (χ1) is 13.4. The third-order valence-electron chi connectivity index (χ3n) is 4.21. The second-order valence-corrected chi connectivity index (χ2v) is 10.5. The van der Waals surface area contributed by atoms with Gasteiger partial charge >= 0.3 is 7.72 Å². The van der Waals surface area contributed by atoms with Crippen molar-refractivity contribution in [3.8, 4) is 0 Å². The highest BCUT2D eigenvalue weighted by molar-refractivity contribution is 7.81. The van der Waals surface area contributed by atoms with E-state index >= 15 is 0 Å². The van der Waals surface area contributed by atoms with E-state index in [1.165, 1.54) is 0 Å². The number of hydrogen-bond acceptors (Lipinski definition) is 2. The molecule has 0 aromatic heterocycles. The molecule has 0 heterocycles. The summed E-state index contributed by atoms with van der Waals surface area (Å²) in [6, 6.07) is 30.5. The van der Waals surface area contributed by atoms with Crippen molar-refractivity contribution in [2.45, 2.75) is 20.8 Å². The van der Waals surface area contributed by atoms with Crippen LogP contribution in [0.2, 0.25) is 0 Å². The molecule has 0 unspecified atom stereocenters. The van der Waals surface area contributed by atoms with E-state index < -0.39 is 7.72 Å². The van der Waals surface area contributed by atoms with Crippen LogP contribution >= 0.6 is 7.72 Å². The van der Waals surface area contributed by atoms with E-state index in [1.807, 2.05) is 66.7 Å². The highest BCUT2D eigenvalue weighted by Gasteiger charge is 2.50. The number of rotatable bonds is 7. The molecule has 0 spiro atoms. The minimum absolute atomic E-state index is 0.00620. The molecule has 3 aromatic rings. The molecule has 0 aliphatic heterocycles. The maximum absolute atomic E-state index is 6.69. The van der Waals surface area contributed by atoms with Crippen molar-refractivity contribution < 1.29 is 9.05 Å². The van der Waals surface area contributed by atoms with Crippen LogP contribution in [0, 0.1) is 5.41 Å². The fourth-order valence-electron chi connectivity index (χ4n) is 2.79. The van der Waals surface area contributed by atoms with Crippen LogP contribution in [-0.2, 0) is 9.05 Å². The molecular weight excluding hydrogens is 363 g/mol. The predicted octanol–water partition coefficient (Wildman–Crippen LogP) is 6.24. The molecule has 3 rings (SSSR count). The Bertz CT molecular complexity index is 845. The Morgan fingerprint density at radius 3 is 1.61 bits per heavy atom. The fourth-order valence-corrected chi connectivity index (χ4v) is 5.77. The van der Waals surface area contributed by atoms with E-state index in [2.05, 4.69) is 51.6 Å². The number of benzene rings is 3. The maximum atomic E-state index is 6.69. The SMILES string of the molecule is C=C(O[P+](OCC(C)(C)C)(c1ccccc1)c1ccccc1)c1ccccc1. The van der Waals surface area contributed by atoms with Gasteiger partial charge in [-0.15, -0.1) is 0 Å². The van der Waals surface area contributed by atoms with Crippen LogP contribution in [0.4, 0.5) is 0 Å². The average Bonchev–Trinajstić information content (AvgIpc) is 2.72. The lowest BCUT2D eigenvalue weighted by Crippen LogP contribution is -2.29. The molecule has 3 heteroatoms. The van der Waals surface area contributed by atoms with Gasteiger partial charge in [-0.1, -0.05) is 94.1 Å². The Hall–Kier alpha value is -2.41. The lowest BCUT2D eigenvalue weighted by molar-refractivity contribution is 0.195. The second-order valence-electron chi connectivity index (χ2n) is 7.94. The molecule has 0 bridgehead atoms. The van der Waals surface area contributed by atoms with E-state index in [4.69, 9.17) is 9.05 Å². The Labute approximate surface area is 169 Å². The topological polar surface area (TPSA) is 18.5 Å². The summed E-state index contributed by atoms with van der Waals surface area (Å²) < 4.78 is 13.4. The van der Waals surface area contributed by atoms with Gasteiger partial charge in [-0.3, -0.25) is 0 Å². The number of hydrogen-bond donors (Lipinski definition) is 0. The van der Waals surface area contributed by atoms with E-state index in [-0.39, 0.29) is 5.41 Å². The van der Waals surface area contributed by atoms with Crippen LogP contribution in [0.25, 0.3) is 5.76 Å². The third-order valence-corrected chi connectivity index (χ3v) is 7.13. The molecule has 0 radical (unpaired) electrons. The summed E-state index contributed by atoms with van der Waals surface area (Å²) in [4.78, 5) is 0. The van der Waals surface area contributed by atoms with Crippen molar-refractivity contribution >= 4 is 24.1 Å². The maximum Gasteiger partial charge on any atom is 0.385 e.